The first-order valence-electron chi connectivity index (χ1n) is 21.6. The van der Waals surface area contributed by atoms with Gasteiger partial charge in [-0.2, -0.15) is 0 Å². The molecule has 0 aliphatic heterocycles. The van der Waals surface area contributed by atoms with Gasteiger partial charge in [-0.1, -0.05) is 143 Å². The maximum absolute atomic E-state index is 12.6. The number of hydrogen-bond acceptors (Lipinski definition) is 6. The van der Waals surface area contributed by atoms with E-state index in [1.165, 1.54) is 128 Å². The zero-order valence-corrected chi connectivity index (χ0v) is 33.1. The van der Waals surface area contributed by atoms with Gasteiger partial charge in [-0.05, 0) is 82.2 Å². The van der Waals surface area contributed by atoms with Crippen LogP contribution in [0.2, 0.25) is 0 Å². The smallest absolute Gasteiger partial charge is 0.306 e. The molecule has 6 nitrogen and oxygen atoms in total. The fourth-order valence-electron chi connectivity index (χ4n) is 7.35. The van der Waals surface area contributed by atoms with Gasteiger partial charge in [-0.25, -0.2) is 0 Å². The van der Waals surface area contributed by atoms with Crippen LogP contribution in [0.1, 0.15) is 213 Å². The molecule has 49 heavy (non-hydrogen) atoms. The average Bonchev–Trinajstić information content (AvgIpc) is 3.85. The van der Waals surface area contributed by atoms with Crippen LogP contribution in [0.3, 0.4) is 0 Å². The zero-order chi connectivity index (χ0) is 35.7. The van der Waals surface area contributed by atoms with Crippen molar-refractivity contribution in [1.82, 2.24) is 4.90 Å². The minimum Gasteiger partial charge on any atom is -0.466 e. The number of carbonyl (C=O) groups excluding carboxylic acids is 2. The summed E-state index contributed by atoms with van der Waals surface area (Å²) in [6, 6.07) is 0. The van der Waals surface area contributed by atoms with Gasteiger partial charge in [-0.3, -0.25) is 9.59 Å². The Labute approximate surface area is 304 Å². The molecule has 1 aliphatic carbocycles. The number of rotatable bonds is 38. The van der Waals surface area contributed by atoms with Gasteiger partial charge < -0.3 is 19.5 Å². The van der Waals surface area contributed by atoms with Crippen molar-refractivity contribution < 1.29 is 24.2 Å². The number of aliphatic hydroxyl groups is 1. The SMILES string of the molecule is CCCCCCCCCOC(=O)CCCCCCCN(CCO)CCCCCC1(CC(=O)OCCCC(CCCCC)CCCCC)CC1. The molecule has 1 N–H and O–H groups in total. The Morgan fingerprint density at radius 1 is 0.571 bits per heavy atom. The third kappa shape index (κ3) is 28.2. The van der Waals surface area contributed by atoms with E-state index in [0.29, 0.717) is 26.1 Å². The summed E-state index contributed by atoms with van der Waals surface area (Å²) in [6.45, 7) is 11.0. The summed E-state index contributed by atoms with van der Waals surface area (Å²) in [5.41, 5.74) is 0.217. The quantitative estimate of drug-likeness (QED) is 0.0512. The van der Waals surface area contributed by atoms with E-state index in [4.69, 9.17) is 9.47 Å². The van der Waals surface area contributed by atoms with Gasteiger partial charge in [0, 0.05) is 13.0 Å². The summed E-state index contributed by atoms with van der Waals surface area (Å²) < 4.78 is 11.1. The lowest BCUT2D eigenvalue weighted by atomic mass is 9.91. The highest BCUT2D eigenvalue weighted by Gasteiger charge is 2.43. The molecule has 1 fully saturated rings. The monoisotopic (exact) mass is 694 g/mol. The van der Waals surface area contributed by atoms with Gasteiger partial charge in [0.05, 0.1) is 26.2 Å². The lowest BCUT2D eigenvalue weighted by Gasteiger charge is -2.21. The largest absolute Gasteiger partial charge is 0.466 e. The van der Waals surface area contributed by atoms with Gasteiger partial charge in [0.15, 0.2) is 0 Å². The summed E-state index contributed by atoms with van der Waals surface area (Å²) in [7, 11) is 0. The predicted octanol–water partition coefficient (Wildman–Crippen LogP) is 11.7. The Morgan fingerprint density at radius 3 is 1.67 bits per heavy atom. The van der Waals surface area contributed by atoms with Gasteiger partial charge in [0.25, 0.3) is 0 Å². The maximum Gasteiger partial charge on any atom is 0.306 e. The van der Waals surface area contributed by atoms with E-state index >= 15 is 0 Å². The molecule has 0 bridgehead atoms. The predicted molar refractivity (Wildman–Crippen MR) is 207 cm³/mol. The van der Waals surface area contributed by atoms with Crippen molar-refractivity contribution >= 4 is 11.9 Å². The summed E-state index contributed by atoms with van der Waals surface area (Å²) in [5, 5.41) is 9.56. The van der Waals surface area contributed by atoms with Crippen LogP contribution in [-0.2, 0) is 19.1 Å². The van der Waals surface area contributed by atoms with Gasteiger partial charge >= 0.3 is 11.9 Å². The summed E-state index contributed by atoms with van der Waals surface area (Å²) in [5.74, 6) is 0.800. The van der Waals surface area contributed by atoms with Crippen molar-refractivity contribution in [2.45, 2.75) is 213 Å². The van der Waals surface area contributed by atoms with Gasteiger partial charge in [-0.15, -0.1) is 0 Å². The van der Waals surface area contributed by atoms with Crippen LogP contribution in [0.4, 0.5) is 0 Å². The molecule has 0 aromatic carbocycles. The van der Waals surface area contributed by atoms with E-state index < -0.39 is 0 Å². The van der Waals surface area contributed by atoms with E-state index in [9.17, 15) is 14.7 Å². The van der Waals surface area contributed by atoms with E-state index in [1.807, 2.05) is 0 Å². The Balaban J connectivity index is 2.06. The Kier molecular flexibility index (Phi) is 30.7. The number of hydrogen-bond donors (Lipinski definition) is 1. The Bertz CT molecular complexity index is 745. The average molecular weight is 694 g/mol. The van der Waals surface area contributed by atoms with E-state index in [2.05, 4.69) is 25.7 Å². The van der Waals surface area contributed by atoms with Crippen molar-refractivity contribution in [3.8, 4) is 0 Å². The van der Waals surface area contributed by atoms with Gasteiger partial charge in [0.2, 0.25) is 0 Å². The molecular weight excluding hydrogens is 610 g/mol. The molecule has 0 radical (unpaired) electrons. The van der Waals surface area contributed by atoms with Crippen LogP contribution >= 0.6 is 0 Å². The highest BCUT2D eigenvalue weighted by molar-refractivity contribution is 5.70. The van der Waals surface area contributed by atoms with Crippen LogP contribution in [0, 0.1) is 11.3 Å². The standard InChI is InChI=1S/C43H83NO5/c1-4-7-10-11-12-16-24-37-48-41(46)29-20-14-13-15-22-33-44(35-36-45)34-23-17-21-30-43(31-32-43)39-42(47)49-38-25-28-40(26-18-8-5-2)27-19-9-6-3/h40,45H,4-39H2,1-3H3. The molecule has 6 heteroatoms. The third-order valence-corrected chi connectivity index (χ3v) is 10.9. The molecule has 0 spiro atoms. The second-order valence-electron chi connectivity index (χ2n) is 15.6. The van der Waals surface area contributed by atoms with Crippen LogP contribution < -0.4 is 0 Å². The molecule has 1 aliphatic rings. The number of carbonyl (C=O) groups is 2. The summed E-state index contributed by atoms with van der Waals surface area (Å²) >= 11 is 0. The van der Waals surface area contributed by atoms with Gasteiger partial charge in [0.1, 0.15) is 0 Å². The van der Waals surface area contributed by atoms with Crippen LogP contribution in [0.5, 0.6) is 0 Å². The topological polar surface area (TPSA) is 76.1 Å². The second kappa shape index (κ2) is 32.7. The minimum atomic E-state index is -0.0301. The molecule has 0 heterocycles. The molecule has 0 amide bonds. The molecular formula is C43H83NO5. The molecule has 0 saturated heterocycles. The first kappa shape index (κ1) is 45.9. The van der Waals surface area contributed by atoms with E-state index in [0.717, 1.165) is 76.9 Å². The normalized spacial score (nSPS) is 13.8. The zero-order valence-electron chi connectivity index (χ0n) is 33.1. The maximum atomic E-state index is 12.6. The van der Waals surface area contributed by atoms with Crippen LogP contribution in [0.15, 0.2) is 0 Å². The number of ether oxygens (including phenoxy) is 2. The van der Waals surface area contributed by atoms with Crippen molar-refractivity contribution in [2.24, 2.45) is 11.3 Å². The molecule has 1 saturated carbocycles. The highest BCUT2D eigenvalue weighted by Crippen LogP contribution is 2.53. The number of aliphatic hydroxyl groups excluding tert-OH is 1. The van der Waals surface area contributed by atoms with Crippen molar-refractivity contribution in [2.75, 3.05) is 39.5 Å². The Morgan fingerprint density at radius 2 is 1.06 bits per heavy atom. The third-order valence-electron chi connectivity index (χ3n) is 10.9. The second-order valence-corrected chi connectivity index (χ2v) is 15.6. The fraction of sp³-hybridized carbons (Fsp3) is 0.953. The molecule has 290 valence electrons. The molecule has 0 aromatic rings. The first-order valence-corrected chi connectivity index (χ1v) is 21.6. The molecule has 1 rings (SSSR count). The van der Waals surface area contributed by atoms with Crippen LogP contribution in [-0.4, -0.2) is 61.4 Å². The lowest BCUT2D eigenvalue weighted by Crippen LogP contribution is -2.29. The van der Waals surface area contributed by atoms with E-state index in [-0.39, 0.29) is 24.0 Å². The summed E-state index contributed by atoms with van der Waals surface area (Å²) in [6.07, 6.45) is 35.2. The molecule has 0 aromatic heterocycles. The molecule has 0 unspecified atom stereocenters. The lowest BCUT2D eigenvalue weighted by molar-refractivity contribution is -0.145. The Hall–Kier alpha value is -1.14. The first-order chi connectivity index (χ1) is 24.0. The highest BCUT2D eigenvalue weighted by atomic mass is 16.5. The van der Waals surface area contributed by atoms with E-state index in [1.54, 1.807) is 0 Å². The number of unbranched alkanes of at least 4 members (excludes halogenated alkanes) is 16. The van der Waals surface area contributed by atoms with Crippen molar-refractivity contribution in [3.63, 3.8) is 0 Å². The molecule has 0 atom stereocenters. The van der Waals surface area contributed by atoms with Crippen LogP contribution in [0.25, 0.3) is 0 Å². The number of esters is 2. The minimum absolute atomic E-state index is 0.0267. The van der Waals surface area contributed by atoms with Crippen molar-refractivity contribution in [3.05, 3.63) is 0 Å². The number of nitrogens with zero attached hydrogens (tertiary/aromatic N) is 1. The van der Waals surface area contributed by atoms with Crippen molar-refractivity contribution in [1.29, 1.82) is 0 Å². The fourth-order valence-corrected chi connectivity index (χ4v) is 7.35. The summed E-state index contributed by atoms with van der Waals surface area (Å²) in [4.78, 5) is 27.0.